The number of fused-ring (bicyclic) bond motifs is 1. The third-order valence-corrected chi connectivity index (χ3v) is 4.72. The topological polar surface area (TPSA) is 81.9 Å². The molecule has 2 aromatic carbocycles. The highest BCUT2D eigenvalue weighted by Crippen LogP contribution is 2.37. The Hall–Kier alpha value is -3.81. The maximum absolute atomic E-state index is 14.4. The summed E-state index contributed by atoms with van der Waals surface area (Å²) in [5, 5.41) is 7.94. The van der Waals surface area contributed by atoms with Crippen LogP contribution in [0, 0.1) is 6.08 Å². The molecule has 0 aliphatic carbocycles. The largest absolute Gasteiger partial charge is 0.494 e. The molecule has 2 aromatic heterocycles. The monoisotopic (exact) mass is 405 g/mol. The maximum atomic E-state index is 14.4. The molecule has 1 N–H and O–H groups in total. The predicted molar refractivity (Wildman–Crippen MR) is 113 cm³/mol. The summed E-state index contributed by atoms with van der Waals surface area (Å²) in [5.74, 6) is 0.228. The molecule has 0 bridgehead atoms. The third kappa shape index (κ3) is 3.59. The number of anilines is 1. The molecule has 8 heteroatoms. The summed E-state index contributed by atoms with van der Waals surface area (Å²) in [4.78, 5) is 20.0. The van der Waals surface area contributed by atoms with Gasteiger partial charge in [-0.25, -0.2) is 9.97 Å². The van der Waals surface area contributed by atoms with Crippen LogP contribution in [-0.4, -0.2) is 32.8 Å². The minimum absolute atomic E-state index is 0.163. The molecule has 4 rings (SSSR count). The van der Waals surface area contributed by atoms with Gasteiger partial charge in [0.1, 0.15) is 11.4 Å². The Labute approximate surface area is 172 Å². The highest BCUT2D eigenvalue weighted by molar-refractivity contribution is 6.01. The maximum Gasteiger partial charge on any atom is 0.309 e. The van der Waals surface area contributed by atoms with E-state index in [4.69, 9.17) is 4.74 Å². The van der Waals surface area contributed by atoms with E-state index in [9.17, 15) is 9.18 Å². The minimum Gasteiger partial charge on any atom is -0.494 e. The van der Waals surface area contributed by atoms with E-state index in [1.165, 1.54) is 7.11 Å². The molecule has 0 aliphatic rings. The fraction of sp³-hybridized carbons (Fsp3) is 0.182. The Kier molecular flexibility index (Phi) is 5.14. The van der Waals surface area contributed by atoms with Gasteiger partial charge in [0.2, 0.25) is 5.91 Å². The van der Waals surface area contributed by atoms with Crippen molar-refractivity contribution < 1.29 is 13.9 Å². The van der Waals surface area contributed by atoms with Crippen LogP contribution >= 0.6 is 0 Å². The Morgan fingerprint density at radius 2 is 1.93 bits per heavy atom. The first-order valence-corrected chi connectivity index (χ1v) is 9.44. The molecule has 0 atom stereocenters. The highest BCUT2D eigenvalue weighted by Gasteiger charge is 2.20. The highest BCUT2D eigenvalue weighted by atomic mass is 19.1. The van der Waals surface area contributed by atoms with Crippen molar-refractivity contribution in [2.45, 2.75) is 13.3 Å². The van der Waals surface area contributed by atoms with Gasteiger partial charge in [-0.1, -0.05) is 37.3 Å². The molecule has 2 heterocycles. The standard InChI is InChI=1S/C22H20FN5O2/c1-4-19(29)24-17-10-14-16(11-18(17)30-3)25-22(23)26-21(14)15-12-28(2)27-20(15)13-8-6-5-7-9-13/h5-12H,4H2,1-3H3,(H,24,29). The summed E-state index contributed by atoms with van der Waals surface area (Å²) in [6, 6.07) is 12.9. The lowest BCUT2D eigenvalue weighted by atomic mass is 10.0. The molecule has 0 radical (unpaired) electrons. The summed E-state index contributed by atoms with van der Waals surface area (Å²) in [7, 11) is 3.28. The molecule has 7 nitrogen and oxygen atoms in total. The van der Waals surface area contributed by atoms with Gasteiger partial charge < -0.3 is 10.1 Å². The van der Waals surface area contributed by atoms with Gasteiger partial charge in [-0.3, -0.25) is 9.48 Å². The van der Waals surface area contributed by atoms with E-state index in [1.807, 2.05) is 30.3 Å². The van der Waals surface area contributed by atoms with Crippen molar-refractivity contribution in [3.63, 3.8) is 0 Å². The average molecular weight is 405 g/mol. The first-order chi connectivity index (χ1) is 14.5. The van der Waals surface area contributed by atoms with Gasteiger partial charge in [-0.2, -0.15) is 9.49 Å². The fourth-order valence-electron chi connectivity index (χ4n) is 3.31. The molecule has 0 saturated heterocycles. The van der Waals surface area contributed by atoms with Crippen LogP contribution in [0.25, 0.3) is 33.4 Å². The number of carbonyl (C=O) groups is 1. The first-order valence-electron chi connectivity index (χ1n) is 9.44. The number of amides is 1. The second-order valence-electron chi connectivity index (χ2n) is 6.74. The van der Waals surface area contributed by atoms with Crippen molar-refractivity contribution in [3.8, 4) is 28.3 Å². The lowest BCUT2D eigenvalue weighted by Crippen LogP contribution is -2.10. The van der Waals surface area contributed by atoms with Crippen LogP contribution < -0.4 is 10.1 Å². The number of methoxy groups -OCH3 is 1. The van der Waals surface area contributed by atoms with Crippen molar-refractivity contribution in [3.05, 3.63) is 54.7 Å². The number of hydrogen-bond acceptors (Lipinski definition) is 5. The van der Waals surface area contributed by atoms with Gasteiger partial charge in [0.05, 0.1) is 24.0 Å². The molecule has 0 saturated carbocycles. The van der Waals surface area contributed by atoms with E-state index in [0.29, 0.717) is 45.7 Å². The SMILES string of the molecule is CCC(=O)Nc1cc2c(-c3cn(C)nc3-c3ccccc3)nc(F)nc2cc1OC. The van der Waals surface area contributed by atoms with Gasteiger partial charge in [-0.05, 0) is 6.07 Å². The van der Waals surface area contributed by atoms with E-state index in [-0.39, 0.29) is 5.91 Å². The lowest BCUT2D eigenvalue weighted by molar-refractivity contribution is -0.115. The van der Waals surface area contributed by atoms with Crippen molar-refractivity contribution >= 4 is 22.5 Å². The normalized spacial score (nSPS) is 10.9. The van der Waals surface area contributed by atoms with Gasteiger partial charge in [0, 0.05) is 42.2 Å². The summed E-state index contributed by atoms with van der Waals surface area (Å²) in [6.07, 6.45) is 1.25. The number of aryl methyl sites for hydroxylation is 1. The number of aromatic nitrogens is 4. The van der Waals surface area contributed by atoms with E-state index in [2.05, 4.69) is 20.4 Å². The molecule has 0 unspecified atom stereocenters. The van der Waals surface area contributed by atoms with Crippen molar-refractivity contribution in [2.75, 3.05) is 12.4 Å². The molecule has 0 spiro atoms. The van der Waals surface area contributed by atoms with E-state index < -0.39 is 6.08 Å². The van der Waals surface area contributed by atoms with E-state index >= 15 is 0 Å². The van der Waals surface area contributed by atoms with Crippen LogP contribution in [-0.2, 0) is 11.8 Å². The molecular weight excluding hydrogens is 385 g/mol. The summed E-state index contributed by atoms with van der Waals surface area (Å²) in [6.45, 7) is 1.76. The predicted octanol–water partition coefficient (Wildman–Crippen LogP) is 4.19. The number of carbonyl (C=O) groups excluding carboxylic acids is 1. The summed E-state index contributed by atoms with van der Waals surface area (Å²) in [5.41, 5.74) is 3.44. The Morgan fingerprint density at radius 3 is 2.63 bits per heavy atom. The second kappa shape index (κ2) is 7.90. The second-order valence-corrected chi connectivity index (χ2v) is 6.74. The lowest BCUT2D eigenvalue weighted by Gasteiger charge is -2.13. The van der Waals surface area contributed by atoms with Gasteiger partial charge in [0.15, 0.2) is 0 Å². The van der Waals surface area contributed by atoms with Gasteiger partial charge in [-0.15, -0.1) is 0 Å². The molecule has 30 heavy (non-hydrogen) atoms. The smallest absolute Gasteiger partial charge is 0.309 e. The molecule has 152 valence electrons. The molecule has 1 amide bonds. The van der Waals surface area contributed by atoms with Crippen molar-refractivity contribution in [1.82, 2.24) is 19.7 Å². The van der Waals surface area contributed by atoms with Gasteiger partial charge >= 0.3 is 6.08 Å². The number of nitrogens with one attached hydrogen (secondary N) is 1. The summed E-state index contributed by atoms with van der Waals surface area (Å²) >= 11 is 0. The molecule has 0 fully saturated rings. The number of rotatable bonds is 5. The quantitative estimate of drug-likeness (QED) is 0.504. The van der Waals surface area contributed by atoms with Crippen molar-refractivity contribution in [1.29, 1.82) is 0 Å². The average Bonchev–Trinajstić information content (AvgIpc) is 3.15. The Balaban J connectivity index is 1.98. The molecule has 4 aromatic rings. The Bertz CT molecular complexity index is 1240. The van der Waals surface area contributed by atoms with Crippen LogP contribution in [0.15, 0.2) is 48.7 Å². The zero-order chi connectivity index (χ0) is 21.3. The molecular formula is C22H20FN5O2. The molecule has 0 aliphatic heterocycles. The summed E-state index contributed by atoms with van der Waals surface area (Å²) < 4.78 is 21.4. The van der Waals surface area contributed by atoms with Crippen LogP contribution in [0.2, 0.25) is 0 Å². The zero-order valence-electron chi connectivity index (χ0n) is 16.8. The number of benzene rings is 2. The van der Waals surface area contributed by atoms with Gasteiger partial charge in [0.25, 0.3) is 0 Å². The third-order valence-electron chi connectivity index (χ3n) is 4.72. The van der Waals surface area contributed by atoms with Crippen LogP contribution in [0.3, 0.4) is 0 Å². The van der Waals surface area contributed by atoms with E-state index in [1.54, 1.807) is 37.0 Å². The van der Waals surface area contributed by atoms with E-state index in [0.717, 1.165) is 5.56 Å². The zero-order valence-corrected chi connectivity index (χ0v) is 16.8. The van der Waals surface area contributed by atoms with Crippen LogP contribution in [0.4, 0.5) is 10.1 Å². The minimum atomic E-state index is -0.854. The first kappa shape index (κ1) is 19.5. The van der Waals surface area contributed by atoms with Crippen LogP contribution in [0.1, 0.15) is 13.3 Å². The number of halogens is 1. The Morgan fingerprint density at radius 1 is 1.17 bits per heavy atom. The number of hydrogen-bond donors (Lipinski definition) is 1. The van der Waals surface area contributed by atoms with Crippen LogP contribution in [0.5, 0.6) is 5.75 Å². The fourth-order valence-corrected chi connectivity index (χ4v) is 3.31. The van der Waals surface area contributed by atoms with Crippen molar-refractivity contribution in [2.24, 2.45) is 7.05 Å². The number of nitrogens with zero attached hydrogens (tertiary/aromatic N) is 4. The number of ether oxygens (including phenoxy) is 1.